The van der Waals surface area contributed by atoms with Crippen LogP contribution in [-0.4, -0.2) is 14.8 Å². The molecule has 0 radical (unpaired) electrons. The minimum Gasteiger partial charge on any atom is -0.357 e. The molecule has 2 aromatic heterocycles. The summed E-state index contributed by atoms with van der Waals surface area (Å²) in [5.41, 5.74) is 4.44. The summed E-state index contributed by atoms with van der Waals surface area (Å²) in [6.07, 6.45) is 0. The lowest BCUT2D eigenvalue weighted by atomic mass is 10.2. The molecular formula is C14H15ClN4S. The summed E-state index contributed by atoms with van der Waals surface area (Å²) < 4.78 is 3.00. The van der Waals surface area contributed by atoms with E-state index in [4.69, 9.17) is 11.6 Å². The largest absolute Gasteiger partial charge is 0.357 e. The van der Waals surface area contributed by atoms with Gasteiger partial charge in [-0.2, -0.15) is 5.10 Å². The summed E-state index contributed by atoms with van der Waals surface area (Å²) in [5, 5.41) is 9.44. The molecule has 104 valence electrons. The van der Waals surface area contributed by atoms with Crippen molar-refractivity contribution in [3.8, 4) is 0 Å². The molecule has 0 aliphatic heterocycles. The highest BCUT2D eigenvalue weighted by Gasteiger charge is 2.10. The molecule has 0 saturated heterocycles. The number of hydrogen-bond donors (Lipinski definition) is 1. The summed E-state index contributed by atoms with van der Waals surface area (Å²) >= 11 is 7.61. The Morgan fingerprint density at radius 3 is 2.85 bits per heavy atom. The van der Waals surface area contributed by atoms with Crippen molar-refractivity contribution in [1.82, 2.24) is 14.8 Å². The third kappa shape index (κ3) is 2.39. The van der Waals surface area contributed by atoms with Gasteiger partial charge >= 0.3 is 0 Å². The van der Waals surface area contributed by atoms with E-state index in [1.807, 2.05) is 36.9 Å². The Labute approximate surface area is 126 Å². The van der Waals surface area contributed by atoms with Gasteiger partial charge in [0.05, 0.1) is 15.9 Å². The van der Waals surface area contributed by atoms with Crippen molar-refractivity contribution in [3.05, 3.63) is 40.2 Å². The van der Waals surface area contributed by atoms with E-state index in [0.717, 1.165) is 32.6 Å². The molecule has 0 bridgehead atoms. The number of benzene rings is 1. The highest BCUT2D eigenvalue weighted by atomic mass is 35.5. The number of aromatic nitrogens is 3. The predicted octanol–water partition coefficient (Wildman–Crippen LogP) is 3.91. The number of halogens is 1. The fourth-order valence-corrected chi connectivity index (χ4v) is 3.35. The van der Waals surface area contributed by atoms with Gasteiger partial charge in [0.1, 0.15) is 0 Å². The minimum absolute atomic E-state index is 0.735. The zero-order chi connectivity index (χ0) is 14.3. The fourth-order valence-electron chi connectivity index (χ4n) is 2.21. The number of nitrogens with zero attached hydrogens (tertiary/aromatic N) is 3. The maximum absolute atomic E-state index is 5.99. The van der Waals surface area contributed by atoms with Crippen LogP contribution in [0.2, 0.25) is 5.02 Å². The maximum atomic E-state index is 5.99. The zero-order valence-corrected chi connectivity index (χ0v) is 13.1. The first-order valence-corrected chi connectivity index (χ1v) is 7.53. The van der Waals surface area contributed by atoms with Crippen LogP contribution in [0.4, 0.5) is 5.13 Å². The molecule has 3 aromatic rings. The summed E-state index contributed by atoms with van der Waals surface area (Å²) in [7, 11) is 1.96. The summed E-state index contributed by atoms with van der Waals surface area (Å²) in [6.45, 7) is 4.84. The smallest absolute Gasteiger partial charge is 0.184 e. The van der Waals surface area contributed by atoms with E-state index in [2.05, 4.69) is 22.3 Å². The number of anilines is 1. The lowest BCUT2D eigenvalue weighted by Crippen LogP contribution is -2.01. The Morgan fingerprint density at radius 1 is 1.35 bits per heavy atom. The standard InChI is InChI=1S/C14H15ClN4S/c1-8-11(9(2)19(3)18-8)7-16-14-17-12-5-4-10(15)6-13(12)20-14/h4-6H,7H2,1-3H3,(H,16,17). The SMILES string of the molecule is Cc1nn(C)c(C)c1CNc1nc2ccc(Cl)cc2s1. The number of thiazole rings is 1. The summed E-state index contributed by atoms with van der Waals surface area (Å²) in [4.78, 5) is 4.56. The Balaban J connectivity index is 1.83. The van der Waals surface area contributed by atoms with Gasteiger partial charge in [-0.3, -0.25) is 4.68 Å². The lowest BCUT2D eigenvalue weighted by molar-refractivity contribution is 0.730. The first kappa shape index (κ1) is 13.4. The van der Waals surface area contributed by atoms with Crippen molar-refractivity contribution in [3.63, 3.8) is 0 Å². The Kier molecular flexibility index (Phi) is 3.40. The van der Waals surface area contributed by atoms with Crippen LogP contribution in [0.5, 0.6) is 0 Å². The number of hydrogen-bond acceptors (Lipinski definition) is 4. The van der Waals surface area contributed by atoms with Gasteiger partial charge in [0.25, 0.3) is 0 Å². The molecular weight excluding hydrogens is 292 g/mol. The number of rotatable bonds is 3. The Hall–Kier alpha value is -1.59. The maximum Gasteiger partial charge on any atom is 0.184 e. The number of nitrogens with one attached hydrogen (secondary N) is 1. The van der Waals surface area contributed by atoms with Gasteiger partial charge in [0.15, 0.2) is 5.13 Å². The molecule has 3 rings (SSSR count). The summed E-state index contributed by atoms with van der Waals surface area (Å²) in [5.74, 6) is 0. The van der Waals surface area contributed by atoms with Crippen molar-refractivity contribution in [2.24, 2.45) is 7.05 Å². The van der Waals surface area contributed by atoms with E-state index in [9.17, 15) is 0 Å². The van der Waals surface area contributed by atoms with Gasteiger partial charge < -0.3 is 5.32 Å². The molecule has 0 saturated carbocycles. The minimum atomic E-state index is 0.735. The third-order valence-electron chi connectivity index (χ3n) is 3.43. The highest BCUT2D eigenvalue weighted by Crippen LogP contribution is 2.28. The Bertz CT molecular complexity index is 775. The molecule has 0 aliphatic carbocycles. The summed E-state index contributed by atoms with van der Waals surface area (Å²) in [6, 6.07) is 5.75. The molecule has 0 fully saturated rings. The number of aryl methyl sites for hydroxylation is 2. The molecule has 0 spiro atoms. The average Bonchev–Trinajstić information content (AvgIpc) is 2.89. The van der Waals surface area contributed by atoms with Gasteiger partial charge in [-0.05, 0) is 32.0 Å². The van der Waals surface area contributed by atoms with Gasteiger partial charge in [0, 0.05) is 29.9 Å². The Morgan fingerprint density at radius 2 is 2.15 bits per heavy atom. The molecule has 0 aliphatic rings. The first-order valence-electron chi connectivity index (χ1n) is 6.33. The molecule has 0 atom stereocenters. The molecule has 6 heteroatoms. The van der Waals surface area contributed by atoms with Crippen LogP contribution in [0.1, 0.15) is 17.0 Å². The van der Waals surface area contributed by atoms with E-state index in [1.54, 1.807) is 11.3 Å². The van der Waals surface area contributed by atoms with Crippen LogP contribution < -0.4 is 5.32 Å². The highest BCUT2D eigenvalue weighted by molar-refractivity contribution is 7.22. The van der Waals surface area contributed by atoms with Crippen LogP contribution >= 0.6 is 22.9 Å². The molecule has 2 heterocycles. The zero-order valence-electron chi connectivity index (χ0n) is 11.6. The van der Waals surface area contributed by atoms with Gasteiger partial charge in [-0.15, -0.1) is 0 Å². The second-order valence-corrected chi connectivity index (χ2v) is 6.22. The van der Waals surface area contributed by atoms with E-state index >= 15 is 0 Å². The molecule has 20 heavy (non-hydrogen) atoms. The first-order chi connectivity index (χ1) is 9.54. The van der Waals surface area contributed by atoms with E-state index in [0.29, 0.717) is 0 Å². The lowest BCUT2D eigenvalue weighted by Gasteiger charge is -2.03. The quantitative estimate of drug-likeness (QED) is 0.797. The molecule has 1 aromatic carbocycles. The van der Waals surface area contributed by atoms with Crippen LogP contribution in [0.15, 0.2) is 18.2 Å². The monoisotopic (exact) mass is 306 g/mol. The van der Waals surface area contributed by atoms with Gasteiger partial charge in [-0.1, -0.05) is 22.9 Å². The van der Waals surface area contributed by atoms with Crippen LogP contribution in [0, 0.1) is 13.8 Å². The van der Waals surface area contributed by atoms with Gasteiger partial charge in [0.2, 0.25) is 0 Å². The van der Waals surface area contributed by atoms with Crippen molar-refractivity contribution in [2.75, 3.05) is 5.32 Å². The number of fused-ring (bicyclic) bond motifs is 1. The second kappa shape index (κ2) is 5.07. The van der Waals surface area contributed by atoms with Crippen molar-refractivity contribution in [1.29, 1.82) is 0 Å². The van der Waals surface area contributed by atoms with Crippen LogP contribution in [-0.2, 0) is 13.6 Å². The average molecular weight is 307 g/mol. The van der Waals surface area contributed by atoms with E-state index in [1.165, 1.54) is 11.3 Å². The molecule has 1 N–H and O–H groups in total. The fraction of sp³-hybridized carbons (Fsp3) is 0.286. The second-order valence-electron chi connectivity index (χ2n) is 4.76. The van der Waals surface area contributed by atoms with Crippen LogP contribution in [0.3, 0.4) is 0 Å². The van der Waals surface area contributed by atoms with E-state index in [-0.39, 0.29) is 0 Å². The van der Waals surface area contributed by atoms with Crippen molar-refractivity contribution < 1.29 is 0 Å². The topological polar surface area (TPSA) is 42.7 Å². The van der Waals surface area contributed by atoms with Gasteiger partial charge in [-0.25, -0.2) is 4.98 Å². The molecule has 4 nitrogen and oxygen atoms in total. The normalized spacial score (nSPS) is 11.2. The van der Waals surface area contributed by atoms with Crippen LogP contribution in [0.25, 0.3) is 10.2 Å². The van der Waals surface area contributed by atoms with E-state index < -0.39 is 0 Å². The predicted molar refractivity (Wildman–Crippen MR) is 84.6 cm³/mol. The third-order valence-corrected chi connectivity index (χ3v) is 4.64. The van der Waals surface area contributed by atoms with Crippen molar-refractivity contribution >= 4 is 38.3 Å². The molecule has 0 amide bonds. The van der Waals surface area contributed by atoms with Crippen molar-refractivity contribution in [2.45, 2.75) is 20.4 Å². The molecule has 0 unspecified atom stereocenters.